The average molecular weight is 373 g/mol. The van der Waals surface area contributed by atoms with Crippen LogP contribution >= 0.6 is 0 Å². The summed E-state index contributed by atoms with van der Waals surface area (Å²) in [6.07, 6.45) is 9.59. The smallest absolute Gasteiger partial charge is 0.335 e. The maximum absolute atomic E-state index is 12.2. The number of benzene rings is 1. The zero-order chi connectivity index (χ0) is 19.9. The standard InChI is InChI=1S/C22H31NO4/c1-3-4-14-22(2,27)15-5-6-19-11-12-20(24)23(19)16-13-17-7-9-18(10-8-17)21(25)26/h5-10,19,27H,3-4,11-16H2,1-2H3,(H,25,26)/t19?,22-/m0/s1. The fraction of sp³-hybridized carbons (Fsp3) is 0.545. The molecule has 1 aliphatic rings. The molecular weight excluding hydrogens is 342 g/mol. The lowest BCUT2D eigenvalue weighted by Gasteiger charge is -2.24. The normalized spacial score (nSPS) is 19.6. The van der Waals surface area contributed by atoms with Crippen molar-refractivity contribution in [2.45, 2.75) is 70.4 Å². The summed E-state index contributed by atoms with van der Waals surface area (Å²) in [5.41, 5.74) is 0.600. The van der Waals surface area contributed by atoms with Gasteiger partial charge >= 0.3 is 5.97 Å². The topological polar surface area (TPSA) is 77.8 Å². The Morgan fingerprint density at radius 2 is 2.04 bits per heavy atom. The van der Waals surface area contributed by atoms with E-state index in [9.17, 15) is 14.7 Å². The van der Waals surface area contributed by atoms with Crippen molar-refractivity contribution in [3.05, 3.63) is 47.5 Å². The highest BCUT2D eigenvalue weighted by Gasteiger charge is 2.28. The summed E-state index contributed by atoms with van der Waals surface area (Å²) in [4.78, 5) is 25.0. The summed E-state index contributed by atoms with van der Waals surface area (Å²) >= 11 is 0. The molecule has 1 aromatic carbocycles. The first-order valence-corrected chi connectivity index (χ1v) is 9.83. The Morgan fingerprint density at radius 3 is 2.67 bits per heavy atom. The molecule has 2 atom stereocenters. The fourth-order valence-corrected chi connectivity index (χ4v) is 3.45. The molecule has 148 valence electrons. The number of nitrogens with zero attached hydrogens (tertiary/aromatic N) is 1. The molecule has 1 amide bonds. The Balaban J connectivity index is 1.89. The summed E-state index contributed by atoms with van der Waals surface area (Å²) in [6, 6.07) is 6.88. The van der Waals surface area contributed by atoms with Gasteiger partial charge in [0.15, 0.2) is 0 Å². The molecular formula is C22H31NO4. The minimum absolute atomic E-state index is 0.0813. The van der Waals surface area contributed by atoms with Crippen LogP contribution in [0.4, 0.5) is 0 Å². The lowest BCUT2D eigenvalue weighted by Crippen LogP contribution is -2.33. The number of aromatic carboxylic acids is 1. The van der Waals surface area contributed by atoms with Crippen LogP contribution in [0.15, 0.2) is 36.4 Å². The van der Waals surface area contributed by atoms with E-state index in [0.717, 1.165) is 31.2 Å². The van der Waals surface area contributed by atoms with E-state index < -0.39 is 11.6 Å². The first-order chi connectivity index (χ1) is 12.8. The second-order valence-electron chi connectivity index (χ2n) is 7.68. The van der Waals surface area contributed by atoms with Crippen LogP contribution in [0.5, 0.6) is 0 Å². The number of carbonyl (C=O) groups is 2. The molecule has 0 bridgehead atoms. The molecule has 27 heavy (non-hydrogen) atoms. The monoisotopic (exact) mass is 373 g/mol. The lowest BCUT2D eigenvalue weighted by atomic mass is 9.95. The van der Waals surface area contributed by atoms with Gasteiger partial charge in [-0.2, -0.15) is 0 Å². The molecule has 2 rings (SSSR count). The van der Waals surface area contributed by atoms with Gasteiger partial charge in [-0.05, 0) is 50.3 Å². The third-order valence-electron chi connectivity index (χ3n) is 5.20. The zero-order valence-electron chi connectivity index (χ0n) is 16.4. The van der Waals surface area contributed by atoms with E-state index in [1.54, 1.807) is 24.3 Å². The minimum atomic E-state index is -0.934. The summed E-state index contributed by atoms with van der Waals surface area (Å²) in [6.45, 7) is 4.60. The molecule has 1 aromatic rings. The van der Waals surface area contributed by atoms with E-state index in [2.05, 4.69) is 13.0 Å². The van der Waals surface area contributed by atoms with Gasteiger partial charge < -0.3 is 15.1 Å². The van der Waals surface area contributed by atoms with Crippen LogP contribution in [0.25, 0.3) is 0 Å². The Bertz CT molecular complexity index is 663. The van der Waals surface area contributed by atoms with Gasteiger partial charge in [0.2, 0.25) is 5.91 Å². The molecule has 1 heterocycles. The predicted octanol–water partition coefficient (Wildman–Crippen LogP) is 3.81. The fourth-order valence-electron chi connectivity index (χ4n) is 3.45. The second kappa shape index (κ2) is 9.70. The van der Waals surface area contributed by atoms with Crippen LogP contribution in [0.3, 0.4) is 0 Å². The van der Waals surface area contributed by atoms with Crippen LogP contribution < -0.4 is 0 Å². The molecule has 1 unspecified atom stereocenters. The minimum Gasteiger partial charge on any atom is -0.478 e. The first kappa shape index (κ1) is 21.2. The largest absolute Gasteiger partial charge is 0.478 e. The zero-order valence-corrected chi connectivity index (χ0v) is 16.4. The number of rotatable bonds is 10. The van der Waals surface area contributed by atoms with Gasteiger partial charge in [0, 0.05) is 13.0 Å². The van der Waals surface area contributed by atoms with Gasteiger partial charge in [-0.25, -0.2) is 4.79 Å². The van der Waals surface area contributed by atoms with Crippen molar-refractivity contribution in [1.82, 2.24) is 4.90 Å². The Hall–Kier alpha value is -2.14. The highest BCUT2D eigenvalue weighted by Crippen LogP contribution is 2.23. The molecule has 1 fully saturated rings. The third-order valence-corrected chi connectivity index (χ3v) is 5.20. The molecule has 0 aliphatic carbocycles. The maximum Gasteiger partial charge on any atom is 0.335 e. The predicted molar refractivity (Wildman–Crippen MR) is 106 cm³/mol. The van der Waals surface area contributed by atoms with Crippen LogP contribution in [0, 0.1) is 0 Å². The van der Waals surface area contributed by atoms with E-state index >= 15 is 0 Å². The number of hydrogen-bond acceptors (Lipinski definition) is 3. The summed E-state index contributed by atoms with van der Waals surface area (Å²) < 4.78 is 0. The highest BCUT2D eigenvalue weighted by atomic mass is 16.4. The lowest BCUT2D eigenvalue weighted by molar-refractivity contribution is -0.128. The van der Waals surface area contributed by atoms with Crippen molar-refractivity contribution in [2.75, 3.05) is 6.54 Å². The summed E-state index contributed by atoms with van der Waals surface area (Å²) in [5.74, 6) is -0.777. The average Bonchev–Trinajstić information content (AvgIpc) is 2.98. The molecule has 1 aliphatic heterocycles. The van der Waals surface area contributed by atoms with Crippen LogP contribution in [0.1, 0.15) is 68.3 Å². The molecule has 0 aromatic heterocycles. The number of carboxylic acid groups (broad SMARTS) is 1. The molecule has 0 spiro atoms. The van der Waals surface area contributed by atoms with Crippen LogP contribution in [-0.2, 0) is 11.2 Å². The van der Waals surface area contributed by atoms with Gasteiger partial charge in [-0.15, -0.1) is 0 Å². The molecule has 0 saturated carbocycles. The van der Waals surface area contributed by atoms with Crippen molar-refractivity contribution in [3.8, 4) is 0 Å². The van der Waals surface area contributed by atoms with E-state index in [1.807, 2.05) is 17.9 Å². The number of amides is 1. The summed E-state index contributed by atoms with van der Waals surface area (Å²) in [5, 5.41) is 19.3. The van der Waals surface area contributed by atoms with Gasteiger partial charge in [-0.3, -0.25) is 4.79 Å². The molecule has 0 radical (unpaired) electrons. The van der Waals surface area contributed by atoms with Crippen molar-refractivity contribution in [1.29, 1.82) is 0 Å². The van der Waals surface area contributed by atoms with Gasteiger partial charge in [0.05, 0.1) is 17.2 Å². The van der Waals surface area contributed by atoms with E-state index in [1.165, 1.54) is 0 Å². The van der Waals surface area contributed by atoms with Crippen LogP contribution in [-0.4, -0.2) is 45.2 Å². The maximum atomic E-state index is 12.2. The summed E-state index contributed by atoms with van der Waals surface area (Å²) in [7, 11) is 0. The molecule has 1 saturated heterocycles. The number of unbranched alkanes of at least 4 members (excludes halogenated alkanes) is 1. The first-order valence-electron chi connectivity index (χ1n) is 9.83. The van der Waals surface area contributed by atoms with E-state index in [-0.39, 0.29) is 17.5 Å². The van der Waals surface area contributed by atoms with Crippen molar-refractivity contribution in [2.24, 2.45) is 0 Å². The quantitative estimate of drug-likeness (QED) is 0.612. The Morgan fingerprint density at radius 1 is 1.33 bits per heavy atom. The number of carboxylic acids is 1. The molecule has 5 heteroatoms. The van der Waals surface area contributed by atoms with E-state index in [4.69, 9.17) is 5.11 Å². The number of likely N-dealkylation sites (tertiary alicyclic amines) is 1. The van der Waals surface area contributed by atoms with E-state index in [0.29, 0.717) is 25.8 Å². The van der Waals surface area contributed by atoms with Crippen molar-refractivity contribution in [3.63, 3.8) is 0 Å². The molecule has 5 nitrogen and oxygen atoms in total. The van der Waals surface area contributed by atoms with Crippen LogP contribution in [0.2, 0.25) is 0 Å². The number of hydrogen-bond donors (Lipinski definition) is 2. The number of carbonyl (C=O) groups excluding carboxylic acids is 1. The Labute approximate surface area is 161 Å². The third kappa shape index (κ3) is 6.51. The van der Waals surface area contributed by atoms with Crippen molar-refractivity contribution < 1.29 is 19.8 Å². The van der Waals surface area contributed by atoms with Gasteiger partial charge in [0.25, 0.3) is 0 Å². The number of aliphatic hydroxyl groups is 1. The highest BCUT2D eigenvalue weighted by molar-refractivity contribution is 5.87. The van der Waals surface area contributed by atoms with Gasteiger partial charge in [0.1, 0.15) is 0 Å². The molecule has 2 N–H and O–H groups in total. The second-order valence-corrected chi connectivity index (χ2v) is 7.68. The SMILES string of the molecule is CCCC[C@](C)(O)CC=CC1CCC(=O)N1CCc1ccc(C(=O)O)cc1. The van der Waals surface area contributed by atoms with Crippen molar-refractivity contribution >= 4 is 11.9 Å². The van der Waals surface area contributed by atoms with Gasteiger partial charge in [-0.1, -0.05) is 44.1 Å². The Kier molecular flexibility index (Phi) is 7.60.